The highest BCUT2D eigenvalue weighted by atomic mass is 32.2. The average Bonchev–Trinajstić information content (AvgIpc) is 2.67. The van der Waals surface area contributed by atoms with Crippen molar-refractivity contribution in [3.8, 4) is 17.4 Å². The van der Waals surface area contributed by atoms with Crippen LogP contribution in [0.2, 0.25) is 0 Å². The van der Waals surface area contributed by atoms with Crippen LogP contribution >= 0.6 is 0 Å². The van der Waals surface area contributed by atoms with Gasteiger partial charge in [-0.1, -0.05) is 0 Å². The fourth-order valence-electron chi connectivity index (χ4n) is 2.38. The largest absolute Gasteiger partial charge is 0.772 e. The second kappa shape index (κ2) is 7.81. The van der Waals surface area contributed by atoms with E-state index >= 15 is 0 Å². The summed E-state index contributed by atoms with van der Waals surface area (Å²) in [7, 11) is 1.48. The highest BCUT2D eigenvalue weighted by Gasteiger charge is 2.18. The molecule has 9 nitrogen and oxygen atoms in total. The molecule has 0 amide bonds. The molecule has 2 aromatic heterocycles. The SMILES string of the molecule is COc1ncc(-c2nc(C(C)S(=O)[O-])cc(N3CCOCC3)n2)cn1. The molecule has 0 bridgehead atoms. The Balaban J connectivity index is 2.02. The Kier molecular flexibility index (Phi) is 5.51. The average molecular weight is 364 g/mol. The zero-order chi connectivity index (χ0) is 17.8. The summed E-state index contributed by atoms with van der Waals surface area (Å²) in [6, 6.07) is 1.95. The normalized spacial score (nSPS) is 17.2. The van der Waals surface area contributed by atoms with Crippen molar-refractivity contribution in [2.75, 3.05) is 38.3 Å². The van der Waals surface area contributed by atoms with Crippen LogP contribution in [-0.2, 0) is 15.8 Å². The number of methoxy groups -OCH3 is 1. The van der Waals surface area contributed by atoms with Crippen LogP contribution in [-0.4, -0.2) is 62.1 Å². The lowest BCUT2D eigenvalue weighted by molar-refractivity contribution is 0.122. The third kappa shape index (κ3) is 4.09. The highest BCUT2D eigenvalue weighted by Crippen LogP contribution is 2.25. The number of hydrogen-bond donors (Lipinski definition) is 0. The predicted molar refractivity (Wildman–Crippen MR) is 90.0 cm³/mol. The Morgan fingerprint density at radius 3 is 2.56 bits per heavy atom. The fraction of sp³-hybridized carbons (Fsp3) is 0.467. The molecule has 134 valence electrons. The summed E-state index contributed by atoms with van der Waals surface area (Å²) < 4.78 is 33.1. The summed E-state index contributed by atoms with van der Waals surface area (Å²) in [5.74, 6) is 1.04. The molecule has 0 N–H and O–H groups in total. The molecule has 2 aromatic rings. The maximum atomic E-state index is 11.4. The molecular weight excluding hydrogens is 346 g/mol. The van der Waals surface area contributed by atoms with Gasteiger partial charge in [0.2, 0.25) is 0 Å². The molecule has 0 spiro atoms. The van der Waals surface area contributed by atoms with Crippen LogP contribution in [0.5, 0.6) is 6.01 Å². The van der Waals surface area contributed by atoms with Gasteiger partial charge in [0.15, 0.2) is 5.82 Å². The van der Waals surface area contributed by atoms with E-state index in [0.717, 1.165) is 0 Å². The molecule has 1 fully saturated rings. The summed E-state index contributed by atoms with van der Waals surface area (Å²) in [6.07, 6.45) is 3.10. The number of rotatable bonds is 5. The quantitative estimate of drug-likeness (QED) is 0.708. The minimum absolute atomic E-state index is 0.238. The number of ether oxygens (including phenoxy) is 2. The molecule has 0 radical (unpaired) electrons. The van der Waals surface area contributed by atoms with Crippen LogP contribution in [0.3, 0.4) is 0 Å². The molecule has 3 heterocycles. The zero-order valence-corrected chi connectivity index (χ0v) is 14.7. The Morgan fingerprint density at radius 1 is 1.28 bits per heavy atom. The van der Waals surface area contributed by atoms with Crippen molar-refractivity contribution in [1.29, 1.82) is 0 Å². The van der Waals surface area contributed by atoms with Gasteiger partial charge in [0.1, 0.15) is 5.82 Å². The molecule has 10 heteroatoms. The van der Waals surface area contributed by atoms with Crippen LogP contribution in [0.15, 0.2) is 18.5 Å². The summed E-state index contributed by atoms with van der Waals surface area (Å²) in [5, 5.41) is -0.749. The van der Waals surface area contributed by atoms with Gasteiger partial charge in [-0.3, -0.25) is 4.21 Å². The predicted octanol–water partition coefficient (Wildman–Crippen LogP) is 0.719. The molecule has 0 saturated carbocycles. The molecule has 1 saturated heterocycles. The first-order chi connectivity index (χ1) is 12.1. The standard InChI is InChI=1S/C15H19N5O4S/c1-10(25(21)22)12-7-13(20-3-5-24-6-4-20)19-14(18-12)11-8-16-15(23-2)17-9-11/h7-10H,3-6H2,1-2H3,(H,21,22)/p-1. The fourth-order valence-corrected chi connectivity index (χ4v) is 2.70. The van der Waals surface area contributed by atoms with Gasteiger partial charge in [-0.05, 0) is 18.0 Å². The molecule has 0 aromatic carbocycles. The van der Waals surface area contributed by atoms with Crippen molar-refractivity contribution in [3.05, 3.63) is 24.2 Å². The van der Waals surface area contributed by atoms with E-state index in [2.05, 4.69) is 19.9 Å². The number of nitrogens with zero attached hydrogens (tertiary/aromatic N) is 5. The summed E-state index contributed by atoms with van der Waals surface area (Å²) in [6.45, 7) is 4.16. The van der Waals surface area contributed by atoms with Crippen LogP contribution in [0.1, 0.15) is 17.9 Å². The van der Waals surface area contributed by atoms with E-state index in [1.165, 1.54) is 7.11 Å². The van der Waals surface area contributed by atoms with E-state index in [1.807, 2.05) is 4.90 Å². The first kappa shape index (κ1) is 17.6. The Bertz CT molecular complexity index is 752. The second-order valence-electron chi connectivity index (χ2n) is 5.44. The lowest BCUT2D eigenvalue weighted by atomic mass is 10.2. The van der Waals surface area contributed by atoms with Gasteiger partial charge in [-0.15, -0.1) is 0 Å². The van der Waals surface area contributed by atoms with Gasteiger partial charge in [-0.25, -0.2) is 19.9 Å². The van der Waals surface area contributed by atoms with E-state index in [1.54, 1.807) is 25.4 Å². The van der Waals surface area contributed by atoms with Gasteiger partial charge in [0, 0.05) is 31.5 Å². The number of anilines is 1. The Morgan fingerprint density at radius 2 is 1.96 bits per heavy atom. The van der Waals surface area contributed by atoms with Crippen molar-refractivity contribution in [2.45, 2.75) is 12.2 Å². The van der Waals surface area contributed by atoms with Crippen LogP contribution in [0, 0.1) is 0 Å². The molecule has 3 rings (SSSR count). The topological polar surface area (TPSA) is 113 Å². The van der Waals surface area contributed by atoms with Crippen molar-refractivity contribution < 1.29 is 18.2 Å². The molecule has 2 atom stereocenters. The third-order valence-electron chi connectivity index (χ3n) is 3.84. The van der Waals surface area contributed by atoms with Crippen molar-refractivity contribution in [3.63, 3.8) is 0 Å². The van der Waals surface area contributed by atoms with Crippen LogP contribution in [0.4, 0.5) is 5.82 Å². The van der Waals surface area contributed by atoms with E-state index in [0.29, 0.717) is 49.2 Å². The van der Waals surface area contributed by atoms with Gasteiger partial charge in [0.05, 0.1) is 36.8 Å². The third-order valence-corrected chi connectivity index (χ3v) is 4.66. The monoisotopic (exact) mass is 364 g/mol. The van der Waals surface area contributed by atoms with Crippen molar-refractivity contribution in [1.82, 2.24) is 19.9 Å². The first-order valence-corrected chi connectivity index (χ1v) is 8.88. The number of hydrogen-bond acceptors (Lipinski definition) is 9. The zero-order valence-electron chi connectivity index (χ0n) is 13.9. The lowest BCUT2D eigenvalue weighted by Crippen LogP contribution is -2.37. The number of aromatic nitrogens is 4. The molecule has 1 aliphatic rings. The maximum absolute atomic E-state index is 11.4. The van der Waals surface area contributed by atoms with Crippen molar-refractivity contribution in [2.24, 2.45) is 0 Å². The maximum Gasteiger partial charge on any atom is 0.316 e. The Labute approximate surface area is 147 Å². The van der Waals surface area contributed by atoms with Crippen molar-refractivity contribution >= 4 is 16.9 Å². The summed E-state index contributed by atoms with van der Waals surface area (Å²) in [4.78, 5) is 19.1. The minimum atomic E-state index is -2.28. The van der Waals surface area contributed by atoms with Gasteiger partial charge in [-0.2, -0.15) is 0 Å². The van der Waals surface area contributed by atoms with E-state index < -0.39 is 16.3 Å². The molecule has 25 heavy (non-hydrogen) atoms. The Hall–Kier alpha value is -2.17. The van der Waals surface area contributed by atoms with Gasteiger partial charge < -0.3 is 18.9 Å². The minimum Gasteiger partial charge on any atom is -0.772 e. The molecule has 1 aliphatic heterocycles. The summed E-state index contributed by atoms with van der Waals surface area (Å²) in [5.41, 5.74) is 1.01. The van der Waals surface area contributed by atoms with E-state index in [4.69, 9.17) is 9.47 Å². The molecular formula is C15H18N5O4S-. The van der Waals surface area contributed by atoms with Crippen LogP contribution in [0.25, 0.3) is 11.4 Å². The smallest absolute Gasteiger partial charge is 0.316 e. The molecule has 0 aliphatic carbocycles. The second-order valence-corrected chi connectivity index (χ2v) is 6.66. The van der Waals surface area contributed by atoms with Crippen LogP contribution < -0.4 is 9.64 Å². The lowest BCUT2D eigenvalue weighted by Gasteiger charge is -2.28. The van der Waals surface area contributed by atoms with E-state index in [-0.39, 0.29) is 6.01 Å². The molecule has 2 unspecified atom stereocenters. The number of morpholine rings is 1. The van der Waals surface area contributed by atoms with Gasteiger partial charge in [0.25, 0.3) is 0 Å². The summed E-state index contributed by atoms with van der Waals surface area (Å²) >= 11 is -2.28. The van der Waals surface area contributed by atoms with Gasteiger partial charge >= 0.3 is 6.01 Å². The van der Waals surface area contributed by atoms with E-state index in [9.17, 15) is 8.76 Å². The first-order valence-electron chi connectivity index (χ1n) is 7.74. The highest BCUT2D eigenvalue weighted by molar-refractivity contribution is 7.79.